The normalized spacial score (nSPS) is 29.9. The summed E-state index contributed by atoms with van der Waals surface area (Å²) in [4.78, 5) is 28.4. The number of imidazole rings is 1. The predicted octanol–water partition coefficient (Wildman–Crippen LogP) is 2.68. The molecule has 5 atom stereocenters. The Morgan fingerprint density at radius 3 is 2.76 bits per heavy atom. The number of aliphatic hydroxyl groups is 2. The molecule has 0 amide bonds. The first kappa shape index (κ1) is 21.7. The molecule has 3 heterocycles. The third kappa shape index (κ3) is 3.28. The van der Waals surface area contributed by atoms with Crippen LogP contribution >= 0.6 is 11.3 Å². The summed E-state index contributed by atoms with van der Waals surface area (Å²) in [5, 5.41) is 25.0. The third-order valence-electron chi connectivity index (χ3n) is 7.89. The minimum atomic E-state index is -1.09. The number of nitrogens with one attached hydrogen (secondary N) is 1. The molecule has 2 unspecified atom stereocenters. The van der Waals surface area contributed by atoms with Crippen molar-refractivity contribution in [1.29, 1.82) is 0 Å². The zero-order chi connectivity index (χ0) is 23.6. The lowest BCUT2D eigenvalue weighted by Gasteiger charge is -2.25. The molecule has 9 heteroatoms. The number of rotatable bonds is 5. The Morgan fingerprint density at radius 2 is 2.12 bits per heavy atom. The van der Waals surface area contributed by atoms with Gasteiger partial charge in [0.1, 0.15) is 11.9 Å². The van der Waals surface area contributed by atoms with Crippen molar-refractivity contribution in [2.75, 3.05) is 11.9 Å². The van der Waals surface area contributed by atoms with Gasteiger partial charge in [-0.3, -0.25) is 4.79 Å². The Balaban J connectivity index is 1.41. The molecule has 0 saturated heterocycles. The molecule has 3 saturated carbocycles. The van der Waals surface area contributed by atoms with E-state index in [1.54, 1.807) is 17.7 Å². The van der Waals surface area contributed by atoms with E-state index < -0.39 is 23.7 Å². The predicted molar refractivity (Wildman–Crippen MR) is 128 cm³/mol. The van der Waals surface area contributed by atoms with Crippen LogP contribution in [0.2, 0.25) is 0 Å². The van der Waals surface area contributed by atoms with Gasteiger partial charge in [-0.25, -0.2) is 15.0 Å². The van der Waals surface area contributed by atoms with Crippen LogP contribution in [-0.4, -0.2) is 54.3 Å². The molecule has 3 N–H and O–H groups in total. The first-order valence-electron chi connectivity index (χ1n) is 11.8. The minimum absolute atomic E-state index is 0.0775. The number of thiophene rings is 1. The number of anilines is 1. The summed E-state index contributed by atoms with van der Waals surface area (Å²) in [6, 6.07) is 3.54. The molecule has 34 heavy (non-hydrogen) atoms. The van der Waals surface area contributed by atoms with E-state index in [-0.39, 0.29) is 11.7 Å². The van der Waals surface area contributed by atoms with Crippen LogP contribution in [0.1, 0.15) is 54.2 Å². The van der Waals surface area contributed by atoms with Crippen LogP contribution < -0.4 is 5.32 Å². The Kier molecular flexibility index (Phi) is 5.03. The highest BCUT2D eigenvalue weighted by Gasteiger charge is 2.74. The topological polar surface area (TPSA) is 113 Å². The number of Topliss-reactive ketones (excluding diaryl/α,β-unsaturated/α-hetero) is 1. The van der Waals surface area contributed by atoms with Gasteiger partial charge in [-0.1, -0.05) is 6.42 Å². The molecular weight excluding hydrogens is 450 g/mol. The maximum Gasteiger partial charge on any atom is 0.209 e. The second-order valence-corrected chi connectivity index (χ2v) is 11.2. The van der Waals surface area contributed by atoms with Crippen LogP contribution in [0.25, 0.3) is 11.2 Å². The summed E-state index contributed by atoms with van der Waals surface area (Å²) in [5.74, 6) is 7.65. The van der Waals surface area contributed by atoms with Crippen molar-refractivity contribution in [1.82, 2.24) is 19.5 Å². The highest BCUT2D eigenvalue weighted by atomic mass is 32.1. The molecule has 0 radical (unpaired) electrons. The van der Waals surface area contributed by atoms with Crippen LogP contribution in [0.15, 0.2) is 18.5 Å². The highest BCUT2D eigenvalue weighted by molar-refractivity contribution is 7.12. The van der Waals surface area contributed by atoms with E-state index in [0.717, 1.165) is 11.4 Å². The fraction of sp³-hybridized carbons (Fsp3) is 0.520. The van der Waals surface area contributed by atoms with Crippen LogP contribution in [0.4, 0.5) is 5.82 Å². The first-order chi connectivity index (χ1) is 16.4. The van der Waals surface area contributed by atoms with Crippen molar-refractivity contribution in [3.05, 3.63) is 34.0 Å². The van der Waals surface area contributed by atoms with Crippen molar-refractivity contribution in [3.8, 4) is 11.8 Å². The van der Waals surface area contributed by atoms with Crippen LogP contribution in [0.5, 0.6) is 0 Å². The number of aromatic nitrogens is 4. The number of fused-ring (bicyclic) bond motifs is 2. The maximum atomic E-state index is 12.3. The van der Waals surface area contributed by atoms with Crippen molar-refractivity contribution in [2.45, 2.75) is 57.8 Å². The smallest absolute Gasteiger partial charge is 0.209 e. The lowest BCUT2D eigenvalue weighted by atomic mass is 9.85. The van der Waals surface area contributed by atoms with Crippen LogP contribution in [0.3, 0.4) is 0 Å². The quantitative estimate of drug-likeness (QED) is 0.484. The number of aliphatic hydroxyl groups excluding tert-OH is 2. The molecule has 0 aromatic carbocycles. The largest absolute Gasteiger partial charge is 0.389 e. The van der Waals surface area contributed by atoms with Gasteiger partial charge in [0.25, 0.3) is 0 Å². The zero-order valence-corrected chi connectivity index (χ0v) is 20.0. The van der Waals surface area contributed by atoms with Crippen molar-refractivity contribution >= 4 is 34.1 Å². The van der Waals surface area contributed by atoms with Gasteiger partial charge in [0, 0.05) is 11.4 Å². The highest BCUT2D eigenvalue weighted by Crippen LogP contribution is 2.68. The van der Waals surface area contributed by atoms with Gasteiger partial charge in [-0.2, -0.15) is 0 Å². The average Bonchev–Trinajstić information content (AvgIpc) is 3.03. The summed E-state index contributed by atoms with van der Waals surface area (Å²) >= 11 is 1.62. The van der Waals surface area contributed by atoms with E-state index in [1.165, 1.54) is 31.1 Å². The Bertz CT molecular complexity index is 1350. The lowest BCUT2D eigenvalue weighted by molar-refractivity contribution is -0.128. The molecule has 0 aliphatic heterocycles. The molecule has 6 rings (SSSR count). The molecule has 3 aromatic rings. The molecule has 8 nitrogen and oxygen atoms in total. The van der Waals surface area contributed by atoms with Crippen molar-refractivity contribution in [3.63, 3.8) is 0 Å². The first-order valence-corrected chi connectivity index (χ1v) is 12.6. The Labute approximate surface area is 201 Å². The third-order valence-corrected chi connectivity index (χ3v) is 8.81. The number of ketones is 1. The average molecular weight is 478 g/mol. The van der Waals surface area contributed by atoms with E-state index in [0.29, 0.717) is 35.1 Å². The van der Waals surface area contributed by atoms with Gasteiger partial charge >= 0.3 is 0 Å². The zero-order valence-electron chi connectivity index (χ0n) is 19.2. The number of nitrogens with zero attached hydrogens (tertiary/aromatic N) is 4. The van der Waals surface area contributed by atoms with Crippen LogP contribution in [0, 0.1) is 36.0 Å². The van der Waals surface area contributed by atoms with Gasteiger partial charge in [-0.05, 0) is 68.9 Å². The van der Waals surface area contributed by atoms with E-state index in [1.807, 2.05) is 23.6 Å². The molecule has 0 bridgehead atoms. The summed E-state index contributed by atoms with van der Waals surface area (Å²) in [7, 11) is 0. The lowest BCUT2D eigenvalue weighted by Crippen LogP contribution is -2.36. The number of aryl methyl sites for hydroxylation is 1. The van der Waals surface area contributed by atoms with Crippen molar-refractivity contribution < 1.29 is 15.0 Å². The number of hydrogen-bond donors (Lipinski definition) is 3. The molecule has 3 aromatic heterocycles. The second kappa shape index (κ2) is 7.87. The Hall–Kier alpha value is -2.80. The van der Waals surface area contributed by atoms with Gasteiger partial charge in [0.2, 0.25) is 5.82 Å². The summed E-state index contributed by atoms with van der Waals surface area (Å²) in [5.41, 5.74) is 0.304. The molecular formula is C25H27N5O3S. The maximum absolute atomic E-state index is 12.3. The van der Waals surface area contributed by atoms with Gasteiger partial charge in [0.05, 0.1) is 28.8 Å². The van der Waals surface area contributed by atoms with Crippen LogP contribution in [-0.2, 0) is 4.79 Å². The standard InChI is InChI=1S/C25H27N5O3S/c1-13-6-7-16(34-13)8-9-18-28-23(26-11-15-4-3-5-15)19-24(29-18)30(12-27-19)20-17-10-25(17,14(2)31)22(33)21(20)32/h6-7,12,15,17,20-22,32-33H,3-5,10-11H2,1-2H3,(H,26,28,29)/t17?,20-,21+,22?,25+/m1/s1. The van der Waals surface area contributed by atoms with Gasteiger partial charge in [0.15, 0.2) is 17.0 Å². The Morgan fingerprint density at radius 1 is 1.29 bits per heavy atom. The SMILES string of the molecule is CC(=O)[C@@]12CC1[C@@H](n1cnc3c(NCC4CCC4)nc(C#Cc4ccc(C)s4)nc31)[C@H](O)C2O. The molecule has 3 aliphatic carbocycles. The second-order valence-electron chi connectivity index (χ2n) is 9.89. The fourth-order valence-corrected chi connectivity index (χ4v) is 6.36. The van der Waals surface area contributed by atoms with Gasteiger partial charge < -0.3 is 20.1 Å². The van der Waals surface area contributed by atoms with E-state index in [2.05, 4.69) is 27.1 Å². The molecule has 3 aliphatic rings. The number of hydrogen-bond acceptors (Lipinski definition) is 8. The molecule has 3 fully saturated rings. The molecule has 0 spiro atoms. The van der Waals surface area contributed by atoms with Crippen molar-refractivity contribution in [2.24, 2.45) is 17.3 Å². The van der Waals surface area contributed by atoms with E-state index >= 15 is 0 Å². The molecule has 176 valence electrons. The summed E-state index contributed by atoms with van der Waals surface area (Å²) < 4.78 is 1.81. The monoisotopic (exact) mass is 477 g/mol. The van der Waals surface area contributed by atoms with E-state index in [4.69, 9.17) is 4.98 Å². The number of carbonyl (C=O) groups excluding carboxylic acids is 1. The summed E-state index contributed by atoms with van der Waals surface area (Å²) in [6.45, 7) is 4.35. The van der Waals surface area contributed by atoms with E-state index in [9.17, 15) is 15.0 Å². The number of carbonyl (C=O) groups is 1. The summed E-state index contributed by atoms with van der Waals surface area (Å²) in [6.07, 6.45) is 3.73. The minimum Gasteiger partial charge on any atom is -0.389 e. The van der Waals surface area contributed by atoms with Gasteiger partial charge in [-0.15, -0.1) is 11.3 Å². The fourth-order valence-electron chi connectivity index (χ4n) is 5.64.